The van der Waals surface area contributed by atoms with Gasteiger partial charge in [-0.25, -0.2) is 9.98 Å². The molecular formula is C21H38IN7O. The van der Waals surface area contributed by atoms with Crippen molar-refractivity contribution in [3.05, 3.63) is 23.9 Å². The second-order valence-corrected chi connectivity index (χ2v) is 7.21. The number of anilines is 1. The summed E-state index contributed by atoms with van der Waals surface area (Å²) < 4.78 is 0. The Morgan fingerprint density at radius 3 is 2.50 bits per heavy atom. The standard InChI is InChI=1S/C21H37N7O.HI/c1-5-22-21(24-12-10-19(29)27(6-2)7-3)25-17-18-9-8-11-23-20(18)28-15-13-26(4)14-16-28;/h8-9,11H,5-7,10,12-17H2,1-4H3,(H2,22,24,25);1H. The third-order valence-corrected chi connectivity index (χ3v) is 5.17. The Kier molecular flexibility index (Phi) is 12.7. The zero-order valence-electron chi connectivity index (χ0n) is 18.9. The van der Waals surface area contributed by atoms with Gasteiger partial charge in [-0.2, -0.15) is 0 Å². The van der Waals surface area contributed by atoms with Crippen LogP contribution in [0.15, 0.2) is 23.3 Å². The van der Waals surface area contributed by atoms with Gasteiger partial charge in [-0.15, -0.1) is 24.0 Å². The van der Waals surface area contributed by atoms with Crippen molar-refractivity contribution in [1.29, 1.82) is 0 Å². The van der Waals surface area contributed by atoms with Crippen LogP contribution in [0.2, 0.25) is 0 Å². The van der Waals surface area contributed by atoms with Crippen molar-refractivity contribution in [2.24, 2.45) is 4.99 Å². The number of piperazine rings is 1. The topological polar surface area (TPSA) is 76.1 Å². The molecule has 0 aromatic carbocycles. The lowest BCUT2D eigenvalue weighted by molar-refractivity contribution is -0.130. The van der Waals surface area contributed by atoms with Crippen LogP contribution in [0, 0.1) is 0 Å². The van der Waals surface area contributed by atoms with Crippen LogP contribution in [0.25, 0.3) is 0 Å². The van der Waals surface area contributed by atoms with Crippen LogP contribution in [-0.2, 0) is 11.3 Å². The van der Waals surface area contributed by atoms with E-state index in [4.69, 9.17) is 4.99 Å². The van der Waals surface area contributed by atoms with E-state index in [1.54, 1.807) is 0 Å². The van der Waals surface area contributed by atoms with E-state index in [2.05, 4.69) is 38.5 Å². The van der Waals surface area contributed by atoms with Gasteiger partial charge >= 0.3 is 0 Å². The summed E-state index contributed by atoms with van der Waals surface area (Å²) in [6.07, 6.45) is 2.31. The highest BCUT2D eigenvalue weighted by Crippen LogP contribution is 2.19. The summed E-state index contributed by atoms with van der Waals surface area (Å²) in [5.41, 5.74) is 1.12. The van der Waals surface area contributed by atoms with E-state index in [0.29, 0.717) is 19.5 Å². The predicted molar refractivity (Wildman–Crippen MR) is 135 cm³/mol. The highest BCUT2D eigenvalue weighted by atomic mass is 127. The molecule has 1 saturated heterocycles. The zero-order valence-corrected chi connectivity index (χ0v) is 21.2. The number of hydrogen-bond donors (Lipinski definition) is 2. The lowest BCUT2D eigenvalue weighted by atomic mass is 10.2. The molecule has 0 bridgehead atoms. The Morgan fingerprint density at radius 1 is 1.17 bits per heavy atom. The minimum atomic E-state index is 0. The lowest BCUT2D eigenvalue weighted by Crippen LogP contribution is -2.45. The van der Waals surface area contributed by atoms with E-state index in [1.807, 2.05) is 37.9 Å². The molecular weight excluding hydrogens is 493 g/mol. The Labute approximate surface area is 198 Å². The third kappa shape index (κ3) is 8.25. The molecule has 0 atom stereocenters. The maximum absolute atomic E-state index is 12.2. The van der Waals surface area contributed by atoms with Gasteiger partial charge in [-0.3, -0.25) is 4.79 Å². The fourth-order valence-corrected chi connectivity index (χ4v) is 3.38. The first-order chi connectivity index (χ1) is 14.1. The molecule has 9 heteroatoms. The van der Waals surface area contributed by atoms with Gasteiger partial charge in [0.2, 0.25) is 5.91 Å². The van der Waals surface area contributed by atoms with Gasteiger partial charge in [0.15, 0.2) is 5.96 Å². The van der Waals surface area contributed by atoms with Crippen LogP contribution < -0.4 is 15.5 Å². The van der Waals surface area contributed by atoms with Crippen molar-refractivity contribution >= 4 is 41.7 Å². The molecule has 1 aliphatic heterocycles. The van der Waals surface area contributed by atoms with Crippen molar-refractivity contribution < 1.29 is 4.79 Å². The van der Waals surface area contributed by atoms with Crippen molar-refractivity contribution in [3.8, 4) is 0 Å². The summed E-state index contributed by atoms with van der Waals surface area (Å²) >= 11 is 0. The number of hydrogen-bond acceptors (Lipinski definition) is 5. The maximum Gasteiger partial charge on any atom is 0.224 e. The van der Waals surface area contributed by atoms with Crippen molar-refractivity contribution in [3.63, 3.8) is 0 Å². The number of carbonyl (C=O) groups excluding carboxylic acids is 1. The molecule has 0 spiro atoms. The van der Waals surface area contributed by atoms with Crippen LogP contribution in [-0.4, -0.2) is 86.1 Å². The SMILES string of the molecule is CCNC(=NCc1cccnc1N1CCN(C)CC1)NCCC(=O)N(CC)CC.I. The van der Waals surface area contributed by atoms with Crippen molar-refractivity contribution in [1.82, 2.24) is 25.4 Å². The Bertz CT molecular complexity index is 659. The molecule has 2 rings (SSSR count). The first-order valence-electron chi connectivity index (χ1n) is 10.8. The number of carbonyl (C=O) groups is 1. The van der Waals surface area contributed by atoms with Crippen LogP contribution >= 0.6 is 24.0 Å². The molecule has 0 saturated carbocycles. The number of guanidine groups is 1. The zero-order chi connectivity index (χ0) is 21.1. The molecule has 2 N–H and O–H groups in total. The number of nitrogens with zero attached hydrogens (tertiary/aromatic N) is 5. The predicted octanol–water partition coefficient (Wildman–Crippen LogP) is 1.77. The van der Waals surface area contributed by atoms with E-state index < -0.39 is 0 Å². The second-order valence-electron chi connectivity index (χ2n) is 7.21. The molecule has 1 aromatic rings. The molecule has 2 heterocycles. The van der Waals surface area contributed by atoms with E-state index in [1.165, 1.54) is 0 Å². The summed E-state index contributed by atoms with van der Waals surface area (Å²) in [7, 11) is 2.15. The number of halogens is 1. The molecule has 1 aliphatic rings. The summed E-state index contributed by atoms with van der Waals surface area (Å²) in [6.45, 7) is 13.5. The molecule has 1 amide bonds. The molecule has 8 nitrogen and oxygen atoms in total. The largest absolute Gasteiger partial charge is 0.357 e. The summed E-state index contributed by atoms with van der Waals surface area (Å²) in [5, 5.41) is 6.54. The average Bonchev–Trinajstić information content (AvgIpc) is 2.74. The average molecular weight is 531 g/mol. The molecule has 0 unspecified atom stereocenters. The van der Waals surface area contributed by atoms with E-state index in [-0.39, 0.29) is 29.9 Å². The van der Waals surface area contributed by atoms with E-state index >= 15 is 0 Å². The smallest absolute Gasteiger partial charge is 0.224 e. The summed E-state index contributed by atoms with van der Waals surface area (Å²) in [5.74, 6) is 1.92. The third-order valence-electron chi connectivity index (χ3n) is 5.17. The number of aromatic nitrogens is 1. The quantitative estimate of drug-likeness (QED) is 0.288. The highest BCUT2D eigenvalue weighted by Gasteiger charge is 2.18. The van der Waals surface area contributed by atoms with Gasteiger partial charge in [0.05, 0.1) is 6.54 Å². The number of nitrogens with one attached hydrogen (secondary N) is 2. The van der Waals surface area contributed by atoms with Crippen LogP contribution in [0.1, 0.15) is 32.8 Å². The normalized spacial score (nSPS) is 14.8. The molecule has 1 fully saturated rings. The Morgan fingerprint density at radius 2 is 1.87 bits per heavy atom. The van der Waals surface area contributed by atoms with Crippen LogP contribution in [0.5, 0.6) is 0 Å². The molecule has 170 valence electrons. The van der Waals surface area contributed by atoms with Gasteiger partial charge in [0.1, 0.15) is 5.82 Å². The Balaban J connectivity index is 0.00000450. The minimum Gasteiger partial charge on any atom is -0.357 e. The Hall–Kier alpha value is -1.62. The summed E-state index contributed by atoms with van der Waals surface area (Å²) in [4.78, 5) is 28.1. The summed E-state index contributed by atoms with van der Waals surface area (Å²) in [6, 6.07) is 4.06. The first-order valence-corrected chi connectivity index (χ1v) is 10.8. The lowest BCUT2D eigenvalue weighted by Gasteiger charge is -2.34. The van der Waals surface area contributed by atoms with Crippen molar-refractivity contribution in [2.45, 2.75) is 33.7 Å². The fraction of sp³-hybridized carbons (Fsp3) is 0.667. The van der Waals surface area contributed by atoms with Gasteiger partial charge in [-0.1, -0.05) is 6.07 Å². The fourth-order valence-electron chi connectivity index (χ4n) is 3.38. The second kappa shape index (κ2) is 14.4. The van der Waals surface area contributed by atoms with Crippen molar-refractivity contribution in [2.75, 3.05) is 64.3 Å². The number of amides is 1. The number of likely N-dealkylation sites (N-methyl/N-ethyl adjacent to an activating group) is 1. The van der Waals surface area contributed by atoms with Crippen LogP contribution in [0.3, 0.4) is 0 Å². The number of aliphatic imine (C=N–C) groups is 1. The first kappa shape index (κ1) is 26.4. The number of rotatable bonds is 9. The van der Waals surface area contributed by atoms with Gasteiger partial charge in [-0.05, 0) is 33.9 Å². The maximum atomic E-state index is 12.2. The van der Waals surface area contributed by atoms with Crippen LogP contribution in [0.4, 0.5) is 5.82 Å². The van der Waals surface area contributed by atoms with Gasteiger partial charge in [0.25, 0.3) is 0 Å². The highest BCUT2D eigenvalue weighted by molar-refractivity contribution is 14.0. The van der Waals surface area contributed by atoms with Gasteiger partial charge < -0.3 is 25.3 Å². The molecule has 0 aliphatic carbocycles. The van der Waals surface area contributed by atoms with E-state index in [0.717, 1.165) is 63.2 Å². The number of pyridine rings is 1. The monoisotopic (exact) mass is 531 g/mol. The minimum absolute atomic E-state index is 0. The molecule has 0 radical (unpaired) electrons. The molecule has 1 aromatic heterocycles. The van der Waals surface area contributed by atoms with Gasteiger partial charge in [0, 0.05) is 70.5 Å². The van der Waals surface area contributed by atoms with E-state index in [9.17, 15) is 4.79 Å². The molecule has 30 heavy (non-hydrogen) atoms.